The maximum absolute atomic E-state index is 6.65. The number of hydrogen-bond acceptors (Lipinski definition) is 3. The van der Waals surface area contributed by atoms with Crippen molar-refractivity contribution in [3.05, 3.63) is 310 Å². The van der Waals surface area contributed by atoms with Gasteiger partial charge >= 0.3 is 0 Å². The quantitative estimate of drug-likeness (QED) is 0.145. The van der Waals surface area contributed by atoms with Gasteiger partial charge < -0.3 is 9.13 Å². The number of pyridine rings is 3. The van der Waals surface area contributed by atoms with E-state index >= 15 is 0 Å². The van der Waals surface area contributed by atoms with E-state index in [1.807, 2.05) is 24.8 Å². The Bertz CT molecular complexity index is 5140. The molecule has 0 aliphatic rings. The van der Waals surface area contributed by atoms with E-state index in [-0.39, 0.29) is 0 Å². The Morgan fingerprint density at radius 2 is 0.500 bits per heavy atom. The summed E-state index contributed by atoms with van der Waals surface area (Å²) in [5.74, 6) is 1.51. The molecule has 7 nitrogen and oxygen atoms in total. The Kier molecular flexibility index (Phi) is 11.2. The Morgan fingerprint density at radius 3 is 0.841 bits per heavy atom. The highest BCUT2D eigenvalue weighted by Crippen LogP contribution is 2.52. The molecule has 0 spiro atoms. The first-order valence-electron chi connectivity index (χ1n) is 29.9. The standard InChI is InChI=1S/C81H51N7/c1-6-24-52(25-7-1)57-36-20-42-69-74(57)75-58(53-26-8-2-9-27-53)37-21-43-70(75)87(69)80-78(85-65-40-18-16-34-61(65)63-50-82-48-46-67(63)85)73(56-32-14-5-15-33-56)79(86-66-41-19-17-35-62(66)64-51-83-49-47-68(64)86)81(84-80)88-71-44-22-38-59(54-28-10-3-11-29-54)76(71)77-60(39-23-45-72(77)88)55-30-12-4-13-31-55/h1-51H. The molecule has 7 aromatic heterocycles. The van der Waals surface area contributed by atoms with Gasteiger partial charge in [-0.1, -0.05) is 237 Å². The minimum Gasteiger partial charge on any atom is -0.305 e. The summed E-state index contributed by atoms with van der Waals surface area (Å²) in [4.78, 5) is 16.3. The van der Waals surface area contributed by atoms with E-state index in [4.69, 9.17) is 15.0 Å². The highest BCUT2D eigenvalue weighted by Gasteiger charge is 2.34. The fourth-order valence-corrected chi connectivity index (χ4v) is 14.4. The van der Waals surface area contributed by atoms with Crippen molar-refractivity contribution >= 4 is 87.2 Å². The lowest BCUT2D eigenvalue weighted by atomic mass is 9.95. The molecule has 0 saturated carbocycles. The average Bonchev–Trinajstić information content (AvgIpc) is 1.51. The molecule has 0 fully saturated rings. The Hall–Kier alpha value is -11.9. The second kappa shape index (κ2) is 19.8. The molecule has 0 amide bonds. The van der Waals surface area contributed by atoms with Crippen molar-refractivity contribution in [1.29, 1.82) is 0 Å². The van der Waals surface area contributed by atoms with Gasteiger partial charge in [0.05, 0.1) is 44.1 Å². The van der Waals surface area contributed by atoms with E-state index in [1.54, 1.807) is 0 Å². The molecule has 410 valence electrons. The molecule has 0 unspecified atom stereocenters. The molecule has 0 atom stereocenters. The summed E-state index contributed by atoms with van der Waals surface area (Å²) in [5, 5.41) is 8.83. The fourth-order valence-electron chi connectivity index (χ4n) is 14.4. The number of benzene rings is 11. The molecule has 0 aliphatic carbocycles. The monoisotopic (exact) mass is 1120 g/mol. The fraction of sp³-hybridized carbons (Fsp3) is 0. The Balaban J connectivity index is 1.14. The molecule has 7 heterocycles. The van der Waals surface area contributed by atoms with Gasteiger partial charge in [-0.15, -0.1) is 0 Å². The second-order valence-corrected chi connectivity index (χ2v) is 22.6. The van der Waals surface area contributed by atoms with E-state index in [2.05, 4.69) is 303 Å². The van der Waals surface area contributed by atoms with Crippen molar-refractivity contribution < 1.29 is 0 Å². The number of rotatable bonds is 9. The van der Waals surface area contributed by atoms with Crippen LogP contribution < -0.4 is 0 Å². The van der Waals surface area contributed by atoms with Crippen molar-refractivity contribution in [1.82, 2.24) is 33.2 Å². The zero-order valence-corrected chi connectivity index (χ0v) is 47.6. The van der Waals surface area contributed by atoms with Crippen LogP contribution in [0, 0.1) is 0 Å². The van der Waals surface area contributed by atoms with Gasteiger partial charge in [-0.05, 0) is 98.6 Å². The number of fused-ring (bicyclic) bond motifs is 12. The number of aromatic nitrogens is 7. The van der Waals surface area contributed by atoms with E-state index < -0.39 is 0 Å². The first-order valence-corrected chi connectivity index (χ1v) is 29.9. The summed E-state index contributed by atoms with van der Waals surface area (Å²) in [7, 11) is 0. The topological polar surface area (TPSA) is 58.4 Å². The summed E-state index contributed by atoms with van der Waals surface area (Å²) in [5.41, 5.74) is 21.1. The Labute approximate surface area is 506 Å². The molecule has 0 bridgehead atoms. The van der Waals surface area contributed by atoms with Gasteiger partial charge in [0.15, 0.2) is 11.6 Å². The van der Waals surface area contributed by atoms with E-state index in [1.165, 1.54) is 0 Å². The zero-order chi connectivity index (χ0) is 57.8. The van der Waals surface area contributed by atoms with Crippen LogP contribution >= 0.6 is 0 Å². The molecular formula is C81H51N7. The molecule has 88 heavy (non-hydrogen) atoms. The molecule has 0 saturated heterocycles. The van der Waals surface area contributed by atoms with Gasteiger partial charge in [-0.3, -0.25) is 19.1 Å². The van der Waals surface area contributed by atoms with Crippen molar-refractivity contribution in [2.45, 2.75) is 0 Å². The molecule has 0 aliphatic heterocycles. The van der Waals surface area contributed by atoms with Gasteiger partial charge in [0.1, 0.15) is 11.4 Å². The minimum atomic E-state index is 0.753. The summed E-state index contributed by atoms with van der Waals surface area (Å²) in [6.07, 6.45) is 7.88. The predicted molar refractivity (Wildman–Crippen MR) is 364 cm³/mol. The van der Waals surface area contributed by atoms with E-state index in [9.17, 15) is 0 Å². The number of hydrogen-bond donors (Lipinski definition) is 0. The first-order chi connectivity index (χ1) is 43.8. The Morgan fingerprint density at radius 1 is 0.216 bits per heavy atom. The molecule has 18 rings (SSSR count). The van der Waals surface area contributed by atoms with Crippen LogP contribution in [0.15, 0.2) is 310 Å². The average molecular weight is 1120 g/mol. The van der Waals surface area contributed by atoms with Crippen LogP contribution in [0.3, 0.4) is 0 Å². The lowest BCUT2D eigenvalue weighted by Gasteiger charge is -2.27. The van der Waals surface area contributed by atoms with Crippen LogP contribution in [0.4, 0.5) is 0 Å². The third kappa shape index (κ3) is 7.34. The highest BCUT2D eigenvalue weighted by atomic mass is 15.2. The molecule has 18 aromatic rings. The summed E-state index contributed by atoms with van der Waals surface area (Å²) in [6.45, 7) is 0. The van der Waals surface area contributed by atoms with Crippen molar-refractivity contribution in [2.75, 3.05) is 0 Å². The lowest BCUT2D eigenvalue weighted by Crippen LogP contribution is -2.16. The predicted octanol–water partition coefficient (Wildman–Crippen LogP) is 20.6. The maximum atomic E-state index is 6.65. The van der Waals surface area contributed by atoms with E-state index in [0.29, 0.717) is 0 Å². The van der Waals surface area contributed by atoms with Crippen molar-refractivity contribution in [2.24, 2.45) is 0 Å². The number of para-hydroxylation sites is 2. The van der Waals surface area contributed by atoms with E-state index in [0.717, 1.165) is 166 Å². The summed E-state index contributed by atoms with van der Waals surface area (Å²) >= 11 is 0. The third-order valence-corrected chi connectivity index (χ3v) is 18.0. The molecule has 11 aromatic carbocycles. The van der Waals surface area contributed by atoms with Gasteiger partial charge in [-0.25, -0.2) is 4.98 Å². The van der Waals surface area contributed by atoms with Gasteiger partial charge in [-0.2, -0.15) is 0 Å². The van der Waals surface area contributed by atoms with Crippen LogP contribution in [-0.4, -0.2) is 33.2 Å². The highest BCUT2D eigenvalue weighted by molar-refractivity contribution is 6.23. The maximum Gasteiger partial charge on any atom is 0.165 e. The zero-order valence-electron chi connectivity index (χ0n) is 47.6. The van der Waals surface area contributed by atoms with Crippen LogP contribution in [0.25, 0.3) is 166 Å². The van der Waals surface area contributed by atoms with Crippen LogP contribution in [-0.2, 0) is 0 Å². The van der Waals surface area contributed by atoms with Crippen LogP contribution in [0.5, 0.6) is 0 Å². The summed E-state index contributed by atoms with van der Waals surface area (Å²) in [6, 6.07) is 103. The summed E-state index contributed by atoms with van der Waals surface area (Å²) < 4.78 is 9.92. The minimum absolute atomic E-state index is 0.753. The largest absolute Gasteiger partial charge is 0.305 e. The normalized spacial score (nSPS) is 11.9. The molecule has 7 heteroatoms. The van der Waals surface area contributed by atoms with Crippen molar-refractivity contribution in [3.63, 3.8) is 0 Å². The van der Waals surface area contributed by atoms with Gasteiger partial charge in [0.25, 0.3) is 0 Å². The third-order valence-electron chi connectivity index (χ3n) is 18.0. The smallest absolute Gasteiger partial charge is 0.165 e. The molecule has 0 N–H and O–H groups in total. The lowest BCUT2D eigenvalue weighted by molar-refractivity contribution is 0.961. The molecule has 0 radical (unpaired) electrons. The van der Waals surface area contributed by atoms with Gasteiger partial charge in [0.2, 0.25) is 0 Å². The first kappa shape index (κ1) is 49.5. The van der Waals surface area contributed by atoms with Crippen LogP contribution in [0.1, 0.15) is 0 Å². The SMILES string of the molecule is c1ccc(-c2c(-n3c4ccccc4c4cnccc43)c(-n3c4cccc(-c5ccccc5)c4c4c(-c5ccccc5)cccc43)nc(-n3c4cccc(-c5ccccc5)c4c4c(-c5ccccc5)cccc43)c2-n2c3ccccc3c3cnccc32)cc1. The van der Waals surface area contributed by atoms with Crippen LogP contribution in [0.2, 0.25) is 0 Å². The molecular weight excluding hydrogens is 1070 g/mol. The van der Waals surface area contributed by atoms with Crippen molar-refractivity contribution in [3.8, 4) is 78.6 Å². The number of nitrogens with zero attached hydrogens (tertiary/aromatic N) is 7. The van der Waals surface area contributed by atoms with Gasteiger partial charge in [0, 0.05) is 73.4 Å². The second-order valence-electron chi connectivity index (χ2n) is 22.6.